The third-order valence-electron chi connectivity index (χ3n) is 7.58. The van der Waals surface area contributed by atoms with Gasteiger partial charge in [0.05, 0.1) is 41.0 Å². The van der Waals surface area contributed by atoms with E-state index < -0.39 is 0 Å². The van der Waals surface area contributed by atoms with Gasteiger partial charge in [-0.25, -0.2) is 4.98 Å². The summed E-state index contributed by atoms with van der Waals surface area (Å²) in [4.78, 5) is 24.5. The van der Waals surface area contributed by atoms with E-state index in [0.29, 0.717) is 28.8 Å². The fraction of sp³-hybridized carbons (Fsp3) is 0.333. The van der Waals surface area contributed by atoms with Gasteiger partial charge in [0.15, 0.2) is 0 Å². The minimum Gasteiger partial charge on any atom is -0.438 e. The zero-order valence-electron chi connectivity index (χ0n) is 20.7. The van der Waals surface area contributed by atoms with Crippen LogP contribution in [0.25, 0.3) is 6.08 Å². The fourth-order valence-corrected chi connectivity index (χ4v) is 6.01. The van der Waals surface area contributed by atoms with Crippen molar-refractivity contribution in [2.45, 2.75) is 51.6 Å². The summed E-state index contributed by atoms with van der Waals surface area (Å²) in [6, 6.07) is 7.91. The molecule has 3 heterocycles. The minimum atomic E-state index is -0.376. The Morgan fingerprint density at radius 2 is 1.95 bits per heavy atom. The molecule has 184 valence electrons. The van der Waals surface area contributed by atoms with E-state index >= 15 is 0 Å². The van der Waals surface area contributed by atoms with Gasteiger partial charge in [0, 0.05) is 17.8 Å². The summed E-state index contributed by atoms with van der Waals surface area (Å²) in [5, 5.41) is 28.4. The number of rotatable bonds is 6. The molecule has 7 rings (SSSR count). The first-order valence-corrected chi connectivity index (χ1v) is 12.1. The van der Waals surface area contributed by atoms with Gasteiger partial charge < -0.3 is 10.1 Å². The molecule has 2 bridgehead atoms. The Morgan fingerprint density at radius 3 is 2.57 bits per heavy atom. The van der Waals surface area contributed by atoms with Gasteiger partial charge in [0.2, 0.25) is 11.8 Å². The van der Waals surface area contributed by atoms with Crippen molar-refractivity contribution >= 4 is 23.6 Å². The second kappa shape index (κ2) is 7.90. The molecule has 3 saturated carbocycles. The van der Waals surface area contributed by atoms with Crippen molar-refractivity contribution in [3.05, 3.63) is 58.6 Å². The van der Waals surface area contributed by atoms with Crippen LogP contribution in [0.1, 0.15) is 65.0 Å². The Balaban J connectivity index is 1.41. The molecule has 3 aliphatic carbocycles. The summed E-state index contributed by atoms with van der Waals surface area (Å²) >= 11 is 0. The molecule has 0 unspecified atom stereocenters. The third-order valence-corrected chi connectivity index (χ3v) is 7.58. The standard InChI is InChI=1S/C27H24N8O2/c1-15-7-18(5-4-6-28)8-16(2)22(15)37-23-20-17(3)35(19-9-30-31-10-19)24(36)21(20)32-25(33-23)34-27-11-26(12-27,13-27)14-29/h4-5,7-10,17H,11-13H2,1-3H3,(H,30,31)(H,32,33,34)/b5-4+/t17-,26?,27?/m0/s1. The number of fused-ring (bicyclic) bond motifs is 1. The third kappa shape index (κ3) is 3.45. The van der Waals surface area contributed by atoms with Crippen molar-refractivity contribution in [1.82, 2.24) is 20.2 Å². The smallest absolute Gasteiger partial charge is 0.278 e. The van der Waals surface area contributed by atoms with Crippen LogP contribution in [-0.2, 0) is 0 Å². The number of nitriles is 2. The molecule has 2 N–H and O–H groups in total. The summed E-state index contributed by atoms with van der Waals surface area (Å²) in [6.07, 6.45) is 8.67. The minimum absolute atomic E-state index is 0.209. The number of carbonyl (C=O) groups is 1. The van der Waals surface area contributed by atoms with Crippen molar-refractivity contribution in [3.63, 3.8) is 0 Å². The molecule has 0 spiro atoms. The Kier molecular flexibility index (Phi) is 4.86. The first kappa shape index (κ1) is 22.7. The SMILES string of the molecule is Cc1cc(/C=C/C#N)cc(C)c1Oc1nc(NC23CC(C#N)(C2)C3)nc2c1[C@H](C)N(c1cn[nH]c1)C2=O. The molecule has 1 aromatic carbocycles. The number of benzene rings is 1. The lowest BCUT2D eigenvalue weighted by molar-refractivity contribution is -0.0665. The van der Waals surface area contributed by atoms with Crippen LogP contribution in [0.2, 0.25) is 0 Å². The van der Waals surface area contributed by atoms with E-state index in [1.54, 1.807) is 23.4 Å². The summed E-state index contributed by atoms with van der Waals surface area (Å²) < 4.78 is 6.45. The molecule has 10 nitrogen and oxygen atoms in total. The highest BCUT2D eigenvalue weighted by atomic mass is 16.5. The monoisotopic (exact) mass is 492 g/mol. The molecule has 4 aliphatic rings. The number of aryl methyl sites for hydroxylation is 2. The average molecular weight is 493 g/mol. The number of hydrogen-bond acceptors (Lipinski definition) is 8. The zero-order valence-corrected chi connectivity index (χ0v) is 20.7. The Labute approximate surface area is 213 Å². The highest BCUT2D eigenvalue weighted by Crippen LogP contribution is 2.67. The van der Waals surface area contributed by atoms with Crippen molar-refractivity contribution in [3.8, 4) is 23.8 Å². The maximum absolute atomic E-state index is 13.5. The highest BCUT2D eigenvalue weighted by molar-refractivity contribution is 6.10. The van der Waals surface area contributed by atoms with Crippen molar-refractivity contribution in [2.75, 3.05) is 10.2 Å². The first-order chi connectivity index (χ1) is 17.8. The number of amides is 1. The van der Waals surface area contributed by atoms with Gasteiger partial charge in [0.25, 0.3) is 5.91 Å². The van der Waals surface area contributed by atoms with E-state index in [9.17, 15) is 10.1 Å². The largest absolute Gasteiger partial charge is 0.438 e. The predicted octanol–water partition coefficient (Wildman–Crippen LogP) is 4.73. The van der Waals surface area contributed by atoms with E-state index in [0.717, 1.165) is 36.0 Å². The Bertz CT molecular complexity index is 1520. The summed E-state index contributed by atoms with van der Waals surface area (Å²) in [5.74, 6) is 1.01. The normalized spacial score (nSPS) is 25.2. The second-order valence-electron chi connectivity index (χ2n) is 10.3. The predicted molar refractivity (Wildman–Crippen MR) is 135 cm³/mol. The van der Waals surface area contributed by atoms with Crippen LogP contribution in [0, 0.1) is 41.9 Å². The van der Waals surface area contributed by atoms with E-state index in [-0.39, 0.29) is 28.6 Å². The zero-order chi connectivity index (χ0) is 25.9. The number of aromatic nitrogens is 4. The first-order valence-electron chi connectivity index (χ1n) is 12.1. The number of ether oxygens (including phenoxy) is 1. The molecule has 3 aromatic rings. The van der Waals surface area contributed by atoms with Crippen LogP contribution >= 0.6 is 0 Å². The van der Waals surface area contributed by atoms with Gasteiger partial charge in [-0.15, -0.1) is 0 Å². The van der Waals surface area contributed by atoms with E-state index in [2.05, 4.69) is 26.6 Å². The van der Waals surface area contributed by atoms with Gasteiger partial charge >= 0.3 is 0 Å². The second-order valence-corrected chi connectivity index (χ2v) is 10.3. The lowest BCUT2D eigenvalue weighted by Gasteiger charge is -2.66. The van der Waals surface area contributed by atoms with Crippen molar-refractivity contribution in [1.29, 1.82) is 10.5 Å². The van der Waals surface area contributed by atoms with Gasteiger partial charge in [-0.3, -0.25) is 14.8 Å². The molecule has 1 amide bonds. The van der Waals surface area contributed by atoms with Crippen LogP contribution in [-0.4, -0.2) is 31.6 Å². The molecule has 1 atom stereocenters. The number of aromatic amines is 1. The number of nitrogens with zero attached hydrogens (tertiary/aromatic N) is 6. The van der Waals surface area contributed by atoms with Crippen molar-refractivity contribution < 1.29 is 9.53 Å². The fourth-order valence-electron chi connectivity index (χ4n) is 6.01. The molecule has 1 aliphatic heterocycles. The topological polar surface area (TPSA) is 144 Å². The number of hydrogen-bond donors (Lipinski definition) is 2. The van der Waals surface area contributed by atoms with E-state index in [4.69, 9.17) is 15.0 Å². The Hall–Kier alpha value is -4.70. The van der Waals surface area contributed by atoms with E-state index in [1.165, 1.54) is 6.08 Å². The number of anilines is 2. The molecule has 0 radical (unpaired) electrons. The summed E-state index contributed by atoms with van der Waals surface area (Å²) in [6.45, 7) is 5.78. The van der Waals surface area contributed by atoms with Crippen LogP contribution in [0.4, 0.5) is 11.6 Å². The quantitative estimate of drug-likeness (QED) is 0.470. The van der Waals surface area contributed by atoms with Crippen LogP contribution in [0.15, 0.2) is 30.6 Å². The van der Waals surface area contributed by atoms with E-state index in [1.807, 2.05) is 39.0 Å². The maximum atomic E-state index is 13.5. The molecule has 37 heavy (non-hydrogen) atoms. The Morgan fingerprint density at radius 1 is 1.22 bits per heavy atom. The summed E-state index contributed by atoms with van der Waals surface area (Å²) in [7, 11) is 0. The number of allylic oxidation sites excluding steroid dienone is 1. The maximum Gasteiger partial charge on any atom is 0.278 e. The van der Waals surface area contributed by atoms with Gasteiger partial charge in [0.1, 0.15) is 11.4 Å². The molecule has 0 saturated heterocycles. The van der Waals surface area contributed by atoms with Crippen LogP contribution in [0.3, 0.4) is 0 Å². The molecule has 3 fully saturated rings. The van der Waals surface area contributed by atoms with Crippen LogP contribution < -0.4 is 15.0 Å². The molecule has 10 heteroatoms. The molecule has 2 aromatic heterocycles. The van der Waals surface area contributed by atoms with Gasteiger partial charge in [-0.05, 0) is 74.9 Å². The highest BCUT2D eigenvalue weighted by Gasteiger charge is 2.69. The van der Waals surface area contributed by atoms with Gasteiger partial charge in [-0.1, -0.05) is 0 Å². The summed E-state index contributed by atoms with van der Waals surface area (Å²) in [5.41, 5.74) is 3.72. The molecular formula is C27H24N8O2. The van der Waals surface area contributed by atoms with Crippen molar-refractivity contribution in [2.24, 2.45) is 5.41 Å². The average Bonchev–Trinajstić information content (AvgIpc) is 3.43. The number of carbonyl (C=O) groups excluding carboxylic acids is 1. The number of H-pyrrole nitrogens is 1. The lowest BCUT2D eigenvalue weighted by Crippen LogP contribution is -2.70. The van der Waals surface area contributed by atoms with Gasteiger partial charge in [-0.2, -0.15) is 20.6 Å². The van der Waals surface area contributed by atoms with Crippen LogP contribution in [0.5, 0.6) is 11.6 Å². The number of nitrogens with one attached hydrogen (secondary N) is 2. The molecular weight excluding hydrogens is 468 g/mol. The lowest BCUT2D eigenvalue weighted by atomic mass is 9.40.